The maximum Gasteiger partial charge on any atom is 0.320 e. The van der Waals surface area contributed by atoms with Crippen molar-refractivity contribution in [2.45, 2.75) is 149 Å². The van der Waals surface area contributed by atoms with Crippen LogP contribution in [0.1, 0.15) is 148 Å². The molecule has 3 aliphatic carbocycles. The number of carbonyl (C=O) groups excluding carboxylic acids is 2. The van der Waals surface area contributed by atoms with Crippen molar-refractivity contribution in [1.82, 2.24) is 19.9 Å². The molecule has 0 radical (unpaired) electrons. The number of carboxylic acids is 1. The van der Waals surface area contributed by atoms with Crippen molar-refractivity contribution in [3.8, 4) is 67.9 Å². The number of alkyl halides is 1. The number of likely N-dealkylation sites (tertiary alicyclic amines) is 1. The molecule has 3 aromatic heterocycles. The number of carboxylic acid groups (broad SMARTS) is 1. The van der Waals surface area contributed by atoms with Gasteiger partial charge in [0.1, 0.15) is 73.6 Å². The van der Waals surface area contributed by atoms with Gasteiger partial charge in [0.25, 0.3) is 0 Å². The summed E-state index contributed by atoms with van der Waals surface area (Å²) >= 11 is 5.51. The molecule has 117 heavy (non-hydrogen) atoms. The Bertz CT molecular complexity index is 5700. The van der Waals surface area contributed by atoms with E-state index >= 15 is 0 Å². The number of benzene rings is 9. The van der Waals surface area contributed by atoms with Gasteiger partial charge in [-0.05, 0) is 233 Å². The molecule has 16 rings (SSSR count). The maximum atomic E-state index is 12.1. The number of aromatic nitrogens is 3. The summed E-state index contributed by atoms with van der Waals surface area (Å²) in [5.41, 5.74) is 26.6. The summed E-state index contributed by atoms with van der Waals surface area (Å²) in [6.45, 7) is 30.6. The third-order valence-electron chi connectivity index (χ3n) is 22.1. The number of ether oxygens (including phenoxy) is 5. The summed E-state index contributed by atoms with van der Waals surface area (Å²) in [6.07, 6.45) is 22.0. The van der Waals surface area contributed by atoms with E-state index in [4.69, 9.17) is 55.0 Å². The van der Waals surface area contributed by atoms with Crippen LogP contribution in [0.25, 0.3) is 47.9 Å². The Labute approximate surface area is 688 Å². The molecular weight excluding hydrogens is 1480 g/mol. The van der Waals surface area contributed by atoms with Gasteiger partial charge in [-0.3, -0.25) is 34.2 Å². The van der Waals surface area contributed by atoms with Crippen LogP contribution in [0.4, 0.5) is 17.1 Å². The highest BCUT2D eigenvalue weighted by atomic mass is 35.5. The van der Waals surface area contributed by atoms with E-state index in [-0.39, 0.29) is 19.0 Å². The molecule has 2 N–H and O–H groups in total. The van der Waals surface area contributed by atoms with Crippen LogP contribution in [-0.2, 0) is 88.8 Å². The fourth-order valence-electron chi connectivity index (χ4n) is 16.0. The van der Waals surface area contributed by atoms with E-state index in [1.807, 2.05) is 60.7 Å². The number of aliphatic carboxylic acids is 1. The first-order valence-electron chi connectivity index (χ1n) is 39.4. The number of aromatic hydroxyl groups is 1. The van der Waals surface area contributed by atoms with E-state index in [0.29, 0.717) is 84.1 Å². The summed E-state index contributed by atoms with van der Waals surface area (Å²) in [5, 5.41) is 20.2. The van der Waals surface area contributed by atoms with Crippen molar-refractivity contribution in [3.63, 3.8) is 0 Å². The number of carbonyl (C=O) groups is 3. The second-order valence-corrected chi connectivity index (χ2v) is 29.6. The maximum absolute atomic E-state index is 12.1. The van der Waals surface area contributed by atoms with E-state index in [0.717, 1.165) is 162 Å². The Hall–Kier alpha value is -13.2. The van der Waals surface area contributed by atoms with Crippen LogP contribution in [-0.4, -0.2) is 61.2 Å². The lowest BCUT2D eigenvalue weighted by Gasteiger charge is -2.34. The first kappa shape index (κ1) is 81.8. The lowest BCUT2D eigenvalue weighted by Crippen LogP contribution is -2.44. The number of hydrogen-bond donors (Lipinski definition) is 2. The molecule has 1 aliphatic heterocycles. The predicted molar refractivity (Wildman–Crippen MR) is 456 cm³/mol. The molecule has 0 unspecified atom stereocenters. The van der Waals surface area contributed by atoms with Gasteiger partial charge in [0.2, 0.25) is 17.1 Å². The number of nitrogens with zero attached hydrogens (tertiary/aromatic N) is 7. The topological polar surface area (TPSA) is 193 Å². The fourth-order valence-corrected chi connectivity index (χ4v) is 16.1. The molecule has 0 spiro atoms. The van der Waals surface area contributed by atoms with Gasteiger partial charge in [0.05, 0.1) is 30.8 Å². The smallest absolute Gasteiger partial charge is 0.320 e. The molecular formula is C99H90ClN7O10. The third kappa shape index (κ3) is 19.9. The number of fused-ring (bicyclic) bond motifs is 3. The van der Waals surface area contributed by atoms with E-state index < -0.39 is 12.0 Å². The van der Waals surface area contributed by atoms with Crippen molar-refractivity contribution in [1.29, 1.82) is 0 Å². The van der Waals surface area contributed by atoms with Gasteiger partial charge in [0.15, 0.2) is 12.6 Å². The van der Waals surface area contributed by atoms with Crippen LogP contribution >= 0.6 is 11.6 Å². The first-order valence-corrected chi connectivity index (χ1v) is 40.0. The lowest BCUT2D eigenvalue weighted by molar-refractivity contribution is -0.144. The minimum atomic E-state index is -0.765. The number of pyridine rings is 3. The number of halogens is 1. The van der Waals surface area contributed by atoms with Crippen LogP contribution in [0.3, 0.4) is 0 Å². The van der Waals surface area contributed by atoms with Crippen molar-refractivity contribution in [3.05, 3.63) is 354 Å². The molecule has 0 amide bonds. The molecule has 1 fully saturated rings. The van der Waals surface area contributed by atoms with E-state index in [1.54, 1.807) is 49.1 Å². The molecule has 588 valence electrons. The van der Waals surface area contributed by atoms with Crippen molar-refractivity contribution in [2.75, 3.05) is 6.54 Å². The van der Waals surface area contributed by atoms with Gasteiger partial charge in [-0.15, -0.1) is 11.6 Å². The van der Waals surface area contributed by atoms with Crippen LogP contribution in [0.15, 0.2) is 219 Å². The summed E-state index contributed by atoms with van der Waals surface area (Å²) in [7, 11) is 0. The van der Waals surface area contributed by atoms with Crippen LogP contribution in [0.5, 0.6) is 34.5 Å². The van der Waals surface area contributed by atoms with Crippen LogP contribution in [0, 0.1) is 40.5 Å². The number of phenols is 1. The lowest BCUT2D eigenvalue weighted by atomic mass is 9.96. The Morgan fingerprint density at radius 3 is 1.26 bits per heavy atom. The molecule has 4 aliphatic rings. The Balaban J connectivity index is 0.000000147. The minimum Gasteiger partial charge on any atom is -0.507 e. The first-order chi connectivity index (χ1) is 57.2. The monoisotopic (exact) mass is 1570 g/mol. The number of phenolic OH excluding ortho intramolecular Hbond substituents is 1. The molecule has 1 saturated heterocycles. The Morgan fingerprint density at radius 1 is 0.444 bits per heavy atom. The van der Waals surface area contributed by atoms with Gasteiger partial charge >= 0.3 is 5.97 Å². The summed E-state index contributed by atoms with van der Waals surface area (Å²) < 4.78 is 31.7. The zero-order valence-corrected chi connectivity index (χ0v) is 66.6. The SMILES string of the molecule is Cc1c(COc2cc(O)c(C=O)c3c2CCC3)cccc1-c1ccccc1.[C-]#[N+]c1cncc(CCl)c1.[C-]#[N+]c1cncc(COc2cc(OCc3cccc(-c4ccccc4)c3C)c3c(c2C=O)CCC3)c1.[C-]#[N+]c1cncc(COc2cc(OCc3cccc(-c4ccccc4)c3C)c3c(c2CN2CCCC[C@H]2C(=O)O)CCC3)c1. The highest BCUT2D eigenvalue weighted by Gasteiger charge is 2.33. The van der Waals surface area contributed by atoms with Gasteiger partial charge in [0, 0.05) is 73.4 Å². The molecule has 1 atom stereocenters. The number of piperidine rings is 1. The second kappa shape index (κ2) is 39.7. The van der Waals surface area contributed by atoms with Crippen molar-refractivity contribution < 1.29 is 48.3 Å². The number of aldehydes is 2. The summed E-state index contributed by atoms with van der Waals surface area (Å²) in [5.74, 6) is 3.14. The number of rotatable bonds is 24. The van der Waals surface area contributed by atoms with E-state index in [9.17, 15) is 24.6 Å². The summed E-state index contributed by atoms with van der Waals surface area (Å²) in [6, 6.07) is 60.1. The average Bonchev–Trinajstić information content (AvgIpc) is 1.76. The predicted octanol–water partition coefficient (Wildman–Crippen LogP) is 22.4. The molecule has 4 heterocycles. The molecule has 18 heteroatoms. The van der Waals surface area contributed by atoms with Gasteiger partial charge in [-0.1, -0.05) is 152 Å². The Kier molecular flexibility index (Phi) is 27.7. The molecule has 17 nitrogen and oxygen atoms in total. The minimum absolute atomic E-state index is 0.00964. The van der Waals surface area contributed by atoms with Gasteiger partial charge in [-0.25, -0.2) is 14.5 Å². The van der Waals surface area contributed by atoms with E-state index in [1.165, 1.54) is 73.6 Å². The zero-order chi connectivity index (χ0) is 81.6. The molecule has 9 aromatic carbocycles. The van der Waals surface area contributed by atoms with Gasteiger partial charge < -0.3 is 33.9 Å². The standard InChI is InChI=1S/C37H37N3O4.C31H26N2O3.C24H22O3.C7H5ClN2/c1-25-28(12-8-13-30(25)27-10-4-3-5-11-27)24-44-35-19-36(43-23-26-18-29(38-2)21-39-20-26)33(31-14-9-15-32(31)35)22-40-17-7-6-16-34(40)37(41)42;1-21-24(10-6-11-26(21)23-8-4-3-5-9-23)20-36-30-15-31(29(18-34)27-12-7-13-28(27)30)35-19-22-14-25(32-2)17-33-16-22;1-16-18(9-5-10-19(16)17-7-3-2-4-8-17)15-27-24-13-23(26)22(14-25)20-11-6-12-21(20)24;1-9-7-2-6(3-8)4-10-5-7/h3-5,8,10-13,18-21,34H,6-7,9,14-17,22-24H2,1H3,(H,41,42);3-6,8-11,14-18H,7,12-13,19-20H2,1H3;2-5,7-10,13-14,26H,6,11-12,15H2,1H3;2,4-5H,3H2/t34-;;;/m0.../s1. The third-order valence-corrected chi connectivity index (χ3v) is 22.4. The molecule has 0 saturated carbocycles. The summed E-state index contributed by atoms with van der Waals surface area (Å²) in [4.78, 5) is 59.8. The Morgan fingerprint density at radius 2 is 0.829 bits per heavy atom. The van der Waals surface area contributed by atoms with Crippen molar-refractivity contribution >= 4 is 47.2 Å². The van der Waals surface area contributed by atoms with Crippen LogP contribution in [0.2, 0.25) is 0 Å². The van der Waals surface area contributed by atoms with Crippen LogP contribution < -0.4 is 23.7 Å². The molecule has 0 bridgehead atoms. The van der Waals surface area contributed by atoms with Gasteiger partial charge in [-0.2, -0.15) is 0 Å². The second-order valence-electron chi connectivity index (χ2n) is 29.4. The van der Waals surface area contributed by atoms with Crippen molar-refractivity contribution in [2.24, 2.45) is 0 Å². The highest BCUT2D eigenvalue weighted by molar-refractivity contribution is 6.17. The normalized spacial score (nSPS) is 13.5. The number of hydrogen-bond acceptors (Lipinski definition) is 13. The highest BCUT2D eigenvalue weighted by Crippen LogP contribution is 2.44. The largest absolute Gasteiger partial charge is 0.507 e. The average molecular weight is 1570 g/mol. The van der Waals surface area contributed by atoms with E-state index in [2.05, 4.69) is 152 Å². The fraction of sp³-hybridized carbons (Fsp3) is 0.242. The molecule has 12 aromatic rings. The quantitative estimate of drug-likeness (QED) is 0.0330. The zero-order valence-electron chi connectivity index (χ0n) is 65.8.